The number of nitrogens with one attached hydrogen (secondary N) is 2. The van der Waals surface area contributed by atoms with Crippen LogP contribution in [0.4, 0.5) is 28.4 Å². The van der Waals surface area contributed by atoms with Crippen LogP contribution in [0.1, 0.15) is 76.1 Å². The third-order valence-corrected chi connectivity index (χ3v) is 17.5. The van der Waals surface area contributed by atoms with Crippen LogP contribution in [0.25, 0.3) is 0 Å². The monoisotopic (exact) mass is 1040 g/mol. The number of ether oxygens (including phenoxy) is 4. The summed E-state index contributed by atoms with van der Waals surface area (Å²) in [7, 11) is 0.924. The van der Waals surface area contributed by atoms with Gasteiger partial charge in [0.2, 0.25) is 5.91 Å². The number of nitrogens with zero attached hydrogens (tertiary/aromatic N) is 3. The Hall–Kier alpha value is -6.74. The summed E-state index contributed by atoms with van der Waals surface area (Å²) in [5, 5.41) is 13.8. The quantitative estimate of drug-likeness (QED) is 0.0345. The lowest BCUT2D eigenvalue weighted by Crippen LogP contribution is -2.39. The van der Waals surface area contributed by atoms with E-state index < -0.39 is 26.1 Å². The minimum Gasteiger partial charge on any atom is -0.493 e. The van der Waals surface area contributed by atoms with E-state index in [0.717, 1.165) is 28.9 Å². The molecule has 0 bridgehead atoms. The molecule has 0 aliphatic carbocycles. The van der Waals surface area contributed by atoms with Gasteiger partial charge in [-0.3, -0.25) is 33.6 Å². The number of rotatable bonds is 19. The molecule has 5 aromatic rings. The number of methoxy groups -OCH3 is 2. The maximum Gasteiger partial charge on any atom is 0.324 e. The number of para-hydroxylation sites is 2. The van der Waals surface area contributed by atoms with Crippen LogP contribution in [0.3, 0.4) is 0 Å². The number of hydrogen-bond acceptors (Lipinski definition) is 14. The molecule has 3 amide bonds. The molecule has 0 aromatic heterocycles. The number of fused-ring (bicyclic) bond motifs is 8. The van der Waals surface area contributed by atoms with Gasteiger partial charge in [-0.25, -0.2) is 0 Å². The van der Waals surface area contributed by atoms with Crippen LogP contribution < -0.4 is 39.4 Å². The number of carbonyl (C=O) groups is 4. The summed E-state index contributed by atoms with van der Waals surface area (Å²) in [4.78, 5) is 61.5. The Bertz CT molecular complexity index is 3110. The second-order valence-corrected chi connectivity index (χ2v) is 23.1. The van der Waals surface area contributed by atoms with E-state index in [0.29, 0.717) is 81.7 Å². The van der Waals surface area contributed by atoms with Gasteiger partial charge in [0, 0.05) is 65.3 Å². The van der Waals surface area contributed by atoms with Crippen LogP contribution in [0, 0.1) is 0 Å². The Morgan fingerprint density at radius 3 is 2.10 bits per heavy atom. The molecule has 0 radical (unpaired) electrons. The highest BCUT2D eigenvalue weighted by atomic mass is 33.1. The van der Waals surface area contributed by atoms with Crippen LogP contribution >= 0.6 is 21.6 Å². The van der Waals surface area contributed by atoms with Crippen molar-refractivity contribution in [2.45, 2.75) is 81.2 Å². The molecular weight excluding hydrogens is 983 g/mol. The maximum absolute atomic E-state index is 14.1. The largest absolute Gasteiger partial charge is 0.493 e. The highest BCUT2D eigenvalue weighted by Gasteiger charge is 2.39. The molecule has 4 aliphatic heterocycles. The lowest BCUT2D eigenvalue weighted by Gasteiger charge is -2.23. The molecule has 376 valence electrons. The van der Waals surface area contributed by atoms with Gasteiger partial charge in [0.25, 0.3) is 21.9 Å². The number of anilines is 4. The Kier molecular flexibility index (Phi) is 14.5. The number of hydrogen-bond donors (Lipinski definition) is 4. The van der Waals surface area contributed by atoms with Crippen molar-refractivity contribution in [3.05, 3.63) is 124 Å². The van der Waals surface area contributed by atoms with Gasteiger partial charge in [0.15, 0.2) is 28.2 Å². The predicted molar refractivity (Wildman–Crippen MR) is 279 cm³/mol. The molecule has 0 fully saturated rings. The lowest BCUT2D eigenvalue weighted by molar-refractivity contribution is -0.136. The van der Waals surface area contributed by atoms with Crippen LogP contribution in [0.5, 0.6) is 23.0 Å². The van der Waals surface area contributed by atoms with Gasteiger partial charge in [-0.05, 0) is 97.8 Å². The van der Waals surface area contributed by atoms with Crippen LogP contribution in [0.2, 0.25) is 0 Å². The Balaban J connectivity index is 0.931. The Morgan fingerprint density at radius 1 is 0.833 bits per heavy atom. The van der Waals surface area contributed by atoms with E-state index in [1.165, 1.54) is 35.8 Å². The average Bonchev–Trinajstić information content (AvgIpc) is 3.84. The summed E-state index contributed by atoms with van der Waals surface area (Å²) in [6.07, 6.45) is 3.43. The molecule has 17 nitrogen and oxygen atoms in total. The molecule has 4 aliphatic rings. The molecule has 0 saturated carbocycles. The van der Waals surface area contributed by atoms with Gasteiger partial charge in [-0.1, -0.05) is 58.0 Å². The first kappa shape index (κ1) is 50.2. The van der Waals surface area contributed by atoms with E-state index in [4.69, 9.17) is 23.9 Å². The highest BCUT2D eigenvalue weighted by molar-refractivity contribution is 8.77. The fourth-order valence-electron chi connectivity index (χ4n) is 9.36. The summed E-state index contributed by atoms with van der Waals surface area (Å²) in [5.74, 6) is -0.629. The molecule has 4 N–H and O–H groups in total. The fraction of sp³-hybridized carbons (Fsp3) is 0.327. The van der Waals surface area contributed by atoms with E-state index >= 15 is 0 Å². The third kappa shape index (κ3) is 10.7. The summed E-state index contributed by atoms with van der Waals surface area (Å²) in [6, 6.07) is 27.7. The lowest BCUT2D eigenvalue weighted by atomic mass is 10.1. The van der Waals surface area contributed by atoms with Crippen molar-refractivity contribution in [3.63, 3.8) is 0 Å². The first-order valence-electron chi connectivity index (χ1n) is 23.2. The molecule has 72 heavy (non-hydrogen) atoms. The maximum atomic E-state index is 14.1. The number of amides is 3. The van der Waals surface area contributed by atoms with Crippen molar-refractivity contribution in [1.29, 1.82) is 0 Å². The molecule has 5 aromatic carbocycles. The number of aliphatic carboxylic acids is 1. The second-order valence-electron chi connectivity index (χ2n) is 18.4. The van der Waals surface area contributed by atoms with Crippen LogP contribution in [-0.2, 0) is 45.8 Å². The molecule has 4 heterocycles. The number of aliphatic imine (C=N–C) groups is 1. The third-order valence-electron chi connectivity index (χ3n) is 12.9. The molecule has 1 unspecified atom stereocenters. The normalized spacial score (nSPS) is 17.0. The SMILES string of the molecule is COc1cc2c(cc1OCc1cc(COc3cc4c(cc3OC)C(=O)N3c5ccccc5C[C@H]3CN4)cc(NC(=O)CCC(C)(C)SSCCC(C(=O)O)S(=O)(=O)O)c1)N=C[C@@H]1Cc3ccccc3N1C2=O. The van der Waals surface area contributed by atoms with Crippen molar-refractivity contribution in [3.8, 4) is 23.0 Å². The summed E-state index contributed by atoms with van der Waals surface area (Å²) in [5.41, 5.74) is 7.64. The van der Waals surface area contributed by atoms with Crippen molar-refractivity contribution in [1.82, 2.24) is 0 Å². The van der Waals surface area contributed by atoms with Gasteiger partial charge in [-0.15, -0.1) is 0 Å². The van der Waals surface area contributed by atoms with Crippen molar-refractivity contribution in [2.75, 3.05) is 47.0 Å². The van der Waals surface area contributed by atoms with Crippen LogP contribution in [0.15, 0.2) is 96.0 Å². The molecule has 20 heteroatoms. The van der Waals surface area contributed by atoms with E-state index in [2.05, 4.69) is 10.6 Å². The number of carboxylic acid groups (broad SMARTS) is 1. The zero-order valence-corrected chi connectivity index (χ0v) is 42.3. The first-order chi connectivity index (χ1) is 34.5. The smallest absolute Gasteiger partial charge is 0.324 e. The topological polar surface area (TPSA) is 223 Å². The minimum atomic E-state index is -4.75. The Morgan fingerprint density at radius 2 is 1.44 bits per heavy atom. The molecule has 9 rings (SSSR count). The molecular formula is C52H53N5O12S3. The second kappa shape index (κ2) is 20.8. The van der Waals surface area contributed by atoms with Crippen LogP contribution in [-0.4, -0.2) is 96.6 Å². The number of carbonyl (C=O) groups excluding carboxylic acids is 3. The van der Waals surface area contributed by atoms with E-state index in [-0.39, 0.29) is 61.6 Å². The van der Waals surface area contributed by atoms with E-state index in [1.54, 1.807) is 47.5 Å². The predicted octanol–water partition coefficient (Wildman–Crippen LogP) is 8.76. The van der Waals surface area contributed by atoms with E-state index in [9.17, 15) is 37.3 Å². The summed E-state index contributed by atoms with van der Waals surface area (Å²) < 4.78 is 56.2. The molecule has 3 atom stereocenters. The number of benzene rings is 5. The van der Waals surface area contributed by atoms with Crippen molar-refractivity contribution < 1.29 is 56.2 Å². The van der Waals surface area contributed by atoms with Gasteiger partial charge < -0.3 is 39.6 Å². The van der Waals surface area contributed by atoms with Gasteiger partial charge in [0.1, 0.15) is 13.2 Å². The Labute approximate surface area is 424 Å². The van der Waals surface area contributed by atoms with E-state index in [1.807, 2.05) is 73.3 Å². The van der Waals surface area contributed by atoms with Crippen molar-refractivity contribution >= 4 is 90.0 Å². The summed E-state index contributed by atoms with van der Waals surface area (Å²) >= 11 is 0. The zero-order chi connectivity index (χ0) is 50.9. The van der Waals surface area contributed by atoms with Gasteiger partial charge >= 0.3 is 5.97 Å². The average molecular weight is 1040 g/mol. The van der Waals surface area contributed by atoms with Gasteiger partial charge in [-0.2, -0.15) is 8.42 Å². The molecule has 0 saturated heterocycles. The fourth-order valence-corrected chi connectivity index (χ4v) is 12.8. The number of carboxylic acids is 1. The highest BCUT2D eigenvalue weighted by Crippen LogP contribution is 2.44. The molecule has 0 spiro atoms. The minimum absolute atomic E-state index is 0.0157. The van der Waals surface area contributed by atoms with Crippen molar-refractivity contribution in [2.24, 2.45) is 4.99 Å². The first-order valence-corrected chi connectivity index (χ1v) is 27.1. The standard InChI is InChI=1S/C52H53N5O12S3/c1-52(2,71-70-16-14-47(51(61)62)72(63,64)65)15-13-48(58)55-34-18-30(28-68-45-24-39-37(22-43(45)66-3)49(59)56-35(26-53-39)20-32-9-5-7-11-41(32)56)17-31(19-34)29-69-46-25-40-38(23-44(46)67-4)50(60)57-36(27-54-40)21-33-10-6-8-12-42(33)57/h5-12,17-19,22-26,35-36,47,54H,13-16,20-21,27-29H2,1-4H3,(H,55,58)(H,61,62)(H,63,64,65)/t35-,36-,47?/m0/s1. The van der Waals surface area contributed by atoms with Gasteiger partial charge in [0.05, 0.1) is 48.8 Å². The summed E-state index contributed by atoms with van der Waals surface area (Å²) in [6.45, 7) is 4.43. The zero-order valence-electron chi connectivity index (χ0n) is 39.9.